The van der Waals surface area contributed by atoms with Gasteiger partial charge in [0, 0.05) is 44.7 Å². The van der Waals surface area contributed by atoms with E-state index in [-0.39, 0.29) is 29.8 Å². The summed E-state index contributed by atoms with van der Waals surface area (Å²) >= 11 is 0. The van der Waals surface area contributed by atoms with Crippen LogP contribution in [0.2, 0.25) is 0 Å². The molecular formula is C16H25N3O5S. The first-order valence-electron chi connectivity index (χ1n) is 8.10. The highest BCUT2D eigenvalue weighted by atomic mass is 32.2. The molecule has 0 radical (unpaired) electrons. The van der Waals surface area contributed by atoms with E-state index in [0.29, 0.717) is 24.6 Å². The van der Waals surface area contributed by atoms with Crippen LogP contribution in [0.5, 0.6) is 11.5 Å². The maximum atomic E-state index is 12.4. The number of methoxy groups -OCH3 is 2. The highest BCUT2D eigenvalue weighted by molar-refractivity contribution is 7.89. The Balaban J connectivity index is 1.94. The zero-order chi connectivity index (χ0) is 18.4. The van der Waals surface area contributed by atoms with Crippen molar-refractivity contribution in [2.45, 2.75) is 24.3 Å². The fraction of sp³-hybridized carbons (Fsp3) is 0.562. The van der Waals surface area contributed by atoms with E-state index in [4.69, 9.17) is 9.47 Å². The number of nitrogens with one attached hydrogen (secondary N) is 2. The highest BCUT2D eigenvalue weighted by Crippen LogP contribution is 2.29. The van der Waals surface area contributed by atoms with Gasteiger partial charge in [0.2, 0.25) is 15.9 Å². The molecule has 2 N–H and O–H groups in total. The molecule has 2 rings (SSSR count). The summed E-state index contributed by atoms with van der Waals surface area (Å²) < 4.78 is 37.4. The van der Waals surface area contributed by atoms with Crippen LogP contribution in [-0.2, 0) is 14.8 Å². The predicted molar refractivity (Wildman–Crippen MR) is 93.4 cm³/mol. The molecule has 0 aromatic heterocycles. The van der Waals surface area contributed by atoms with Crippen molar-refractivity contribution in [3.05, 3.63) is 18.2 Å². The van der Waals surface area contributed by atoms with Crippen molar-refractivity contribution in [2.75, 3.05) is 40.4 Å². The van der Waals surface area contributed by atoms with Crippen LogP contribution in [0.1, 0.15) is 13.3 Å². The predicted octanol–water partition coefficient (Wildman–Crippen LogP) is 0.193. The lowest BCUT2D eigenvalue weighted by Crippen LogP contribution is -2.51. The molecule has 1 unspecified atom stereocenters. The van der Waals surface area contributed by atoms with Gasteiger partial charge < -0.3 is 19.7 Å². The van der Waals surface area contributed by atoms with Gasteiger partial charge in [0.15, 0.2) is 11.5 Å². The molecule has 1 aromatic rings. The maximum absolute atomic E-state index is 12.4. The van der Waals surface area contributed by atoms with E-state index in [0.717, 1.165) is 6.54 Å². The smallest absolute Gasteiger partial charge is 0.240 e. The molecule has 9 heteroatoms. The monoisotopic (exact) mass is 371 g/mol. The molecule has 0 spiro atoms. The van der Waals surface area contributed by atoms with Gasteiger partial charge in [-0.25, -0.2) is 13.1 Å². The third kappa shape index (κ3) is 5.07. The maximum Gasteiger partial charge on any atom is 0.240 e. The third-order valence-corrected chi connectivity index (χ3v) is 5.48. The van der Waals surface area contributed by atoms with E-state index in [1.54, 1.807) is 4.90 Å². The van der Waals surface area contributed by atoms with E-state index in [1.165, 1.54) is 32.4 Å². The van der Waals surface area contributed by atoms with Gasteiger partial charge in [-0.05, 0) is 19.1 Å². The number of benzene rings is 1. The molecule has 1 aromatic carbocycles. The van der Waals surface area contributed by atoms with Gasteiger partial charge in [-0.3, -0.25) is 4.79 Å². The molecule has 0 saturated carbocycles. The number of carbonyl (C=O) groups is 1. The number of amides is 1. The van der Waals surface area contributed by atoms with E-state index in [9.17, 15) is 13.2 Å². The SMILES string of the molecule is COc1ccc(S(=O)(=O)NCCC(=O)N2CCNC(C)C2)cc1OC. The van der Waals surface area contributed by atoms with E-state index >= 15 is 0 Å². The molecule has 0 aliphatic carbocycles. The normalized spacial score (nSPS) is 18.0. The van der Waals surface area contributed by atoms with Crippen molar-refractivity contribution in [3.63, 3.8) is 0 Å². The second-order valence-electron chi connectivity index (χ2n) is 5.86. The summed E-state index contributed by atoms with van der Waals surface area (Å²) in [6.07, 6.45) is 0.124. The molecule has 1 aliphatic heterocycles. The Hall–Kier alpha value is -1.84. The summed E-state index contributed by atoms with van der Waals surface area (Å²) in [6.45, 7) is 4.10. The largest absolute Gasteiger partial charge is 0.493 e. The summed E-state index contributed by atoms with van der Waals surface area (Å²) in [5, 5.41) is 3.26. The van der Waals surface area contributed by atoms with Crippen LogP contribution in [0.3, 0.4) is 0 Å². The lowest BCUT2D eigenvalue weighted by Gasteiger charge is -2.32. The molecule has 1 fully saturated rings. The Kier molecular flexibility index (Phi) is 6.63. The van der Waals surface area contributed by atoms with Crippen LogP contribution in [0.15, 0.2) is 23.1 Å². The summed E-state index contributed by atoms with van der Waals surface area (Å²) in [5.41, 5.74) is 0. The first-order chi connectivity index (χ1) is 11.9. The van der Waals surface area contributed by atoms with Gasteiger partial charge in [0.25, 0.3) is 0 Å². The zero-order valence-electron chi connectivity index (χ0n) is 14.7. The average molecular weight is 371 g/mol. The van der Waals surface area contributed by atoms with Gasteiger partial charge in [-0.2, -0.15) is 0 Å². The van der Waals surface area contributed by atoms with Gasteiger partial charge in [0.05, 0.1) is 19.1 Å². The van der Waals surface area contributed by atoms with Crippen molar-refractivity contribution in [1.82, 2.24) is 14.9 Å². The number of carbonyl (C=O) groups excluding carboxylic acids is 1. The molecule has 25 heavy (non-hydrogen) atoms. The number of sulfonamides is 1. The topological polar surface area (TPSA) is 97.0 Å². The summed E-state index contributed by atoms with van der Waals surface area (Å²) in [4.78, 5) is 14.0. The summed E-state index contributed by atoms with van der Waals surface area (Å²) in [6, 6.07) is 4.60. The minimum absolute atomic E-state index is 0.0494. The van der Waals surface area contributed by atoms with Crippen molar-refractivity contribution in [3.8, 4) is 11.5 Å². The Labute approximate surface area is 148 Å². The Morgan fingerprint density at radius 1 is 1.32 bits per heavy atom. The fourth-order valence-corrected chi connectivity index (χ4v) is 3.72. The number of piperazine rings is 1. The van der Waals surface area contributed by atoms with Gasteiger partial charge in [-0.1, -0.05) is 0 Å². The molecule has 140 valence electrons. The van der Waals surface area contributed by atoms with Gasteiger partial charge in [0.1, 0.15) is 0 Å². The number of hydrogen-bond donors (Lipinski definition) is 2. The van der Waals surface area contributed by atoms with Crippen LogP contribution in [0.4, 0.5) is 0 Å². The van der Waals surface area contributed by atoms with E-state index in [1.807, 2.05) is 6.92 Å². The van der Waals surface area contributed by atoms with E-state index in [2.05, 4.69) is 10.0 Å². The first kappa shape index (κ1) is 19.5. The Bertz CT molecular complexity index is 708. The van der Waals surface area contributed by atoms with Crippen molar-refractivity contribution < 1.29 is 22.7 Å². The summed E-state index contributed by atoms with van der Waals surface area (Å²) in [7, 11) is -0.805. The van der Waals surface area contributed by atoms with Gasteiger partial charge in [-0.15, -0.1) is 0 Å². The quantitative estimate of drug-likeness (QED) is 0.710. The van der Waals surface area contributed by atoms with Crippen LogP contribution in [0.25, 0.3) is 0 Å². The standard InChI is InChI=1S/C16H25N3O5S/c1-12-11-19(9-8-17-12)16(20)6-7-18-25(21,22)13-4-5-14(23-2)15(10-13)24-3/h4-5,10,12,17-18H,6-9,11H2,1-3H3. The fourth-order valence-electron chi connectivity index (χ4n) is 2.68. The zero-order valence-corrected chi connectivity index (χ0v) is 15.6. The Morgan fingerprint density at radius 3 is 2.68 bits per heavy atom. The van der Waals surface area contributed by atoms with Crippen molar-refractivity contribution in [2.24, 2.45) is 0 Å². The highest BCUT2D eigenvalue weighted by Gasteiger charge is 2.21. The second-order valence-corrected chi connectivity index (χ2v) is 7.63. The molecule has 0 bridgehead atoms. The minimum atomic E-state index is -3.72. The number of ether oxygens (including phenoxy) is 2. The number of hydrogen-bond acceptors (Lipinski definition) is 6. The number of rotatable bonds is 7. The minimum Gasteiger partial charge on any atom is -0.493 e. The average Bonchev–Trinajstić information content (AvgIpc) is 2.60. The van der Waals surface area contributed by atoms with Gasteiger partial charge >= 0.3 is 0 Å². The molecule has 1 saturated heterocycles. The Morgan fingerprint density at radius 2 is 2.04 bits per heavy atom. The van der Waals surface area contributed by atoms with E-state index < -0.39 is 10.0 Å². The summed E-state index contributed by atoms with van der Waals surface area (Å²) in [5.74, 6) is 0.726. The first-order valence-corrected chi connectivity index (χ1v) is 9.58. The lowest BCUT2D eigenvalue weighted by molar-refractivity contribution is -0.132. The molecule has 1 heterocycles. The van der Waals surface area contributed by atoms with Crippen molar-refractivity contribution in [1.29, 1.82) is 0 Å². The molecule has 1 aliphatic rings. The van der Waals surface area contributed by atoms with Crippen LogP contribution < -0.4 is 19.5 Å². The van der Waals surface area contributed by atoms with Crippen molar-refractivity contribution >= 4 is 15.9 Å². The third-order valence-electron chi connectivity index (χ3n) is 4.02. The van der Waals surface area contributed by atoms with Crippen LogP contribution in [0, 0.1) is 0 Å². The van der Waals surface area contributed by atoms with Crippen LogP contribution in [-0.4, -0.2) is 65.7 Å². The molecule has 1 atom stereocenters. The van der Waals surface area contributed by atoms with Crippen LogP contribution >= 0.6 is 0 Å². The molecular weight excluding hydrogens is 346 g/mol. The molecule has 1 amide bonds. The number of nitrogens with zero attached hydrogens (tertiary/aromatic N) is 1. The lowest BCUT2D eigenvalue weighted by atomic mass is 10.2. The second kappa shape index (κ2) is 8.50. The molecule has 8 nitrogen and oxygen atoms in total.